The van der Waals surface area contributed by atoms with Crippen molar-refractivity contribution in [3.05, 3.63) is 24.3 Å². The molecule has 1 aromatic carbocycles. The zero-order valence-electron chi connectivity index (χ0n) is 12.8. The third-order valence-corrected chi connectivity index (χ3v) is 4.38. The molecule has 2 N–H and O–H groups in total. The van der Waals surface area contributed by atoms with Crippen molar-refractivity contribution >= 4 is 17.3 Å². The van der Waals surface area contributed by atoms with Crippen LogP contribution in [-0.4, -0.2) is 61.0 Å². The van der Waals surface area contributed by atoms with E-state index in [1.165, 1.54) is 0 Å². The first-order valence-corrected chi connectivity index (χ1v) is 7.73. The van der Waals surface area contributed by atoms with Crippen LogP contribution in [0.15, 0.2) is 24.3 Å². The maximum Gasteiger partial charge on any atom is 0.247 e. The van der Waals surface area contributed by atoms with Crippen molar-refractivity contribution in [1.29, 1.82) is 0 Å². The number of nitrogens with zero attached hydrogens (tertiary/aromatic N) is 2. The number of rotatable bonds is 1. The Hall–Kier alpha value is -1.75. The SMILES string of the molecule is CC1CN(C)CCCN1C(=O)C1CNc2ccccc2N1. The molecule has 5 heteroatoms. The summed E-state index contributed by atoms with van der Waals surface area (Å²) in [5.74, 6) is 0.208. The quantitative estimate of drug-likeness (QED) is 0.821. The van der Waals surface area contributed by atoms with Gasteiger partial charge in [0.1, 0.15) is 6.04 Å². The van der Waals surface area contributed by atoms with E-state index < -0.39 is 0 Å². The number of amides is 1. The molecular weight excluding hydrogens is 264 g/mol. The van der Waals surface area contributed by atoms with Gasteiger partial charge in [-0.1, -0.05) is 12.1 Å². The summed E-state index contributed by atoms with van der Waals surface area (Å²) >= 11 is 0. The predicted molar refractivity (Wildman–Crippen MR) is 85.6 cm³/mol. The molecule has 2 atom stereocenters. The van der Waals surface area contributed by atoms with Gasteiger partial charge in [0, 0.05) is 25.7 Å². The molecule has 1 fully saturated rings. The summed E-state index contributed by atoms with van der Waals surface area (Å²) in [5.41, 5.74) is 2.09. The number of para-hydroxylation sites is 2. The maximum atomic E-state index is 12.8. The van der Waals surface area contributed by atoms with Gasteiger partial charge in [-0.3, -0.25) is 4.79 Å². The minimum absolute atomic E-state index is 0.175. The lowest BCUT2D eigenvalue weighted by atomic mass is 10.1. The molecule has 21 heavy (non-hydrogen) atoms. The Morgan fingerprint density at radius 2 is 2.00 bits per heavy atom. The van der Waals surface area contributed by atoms with Crippen molar-refractivity contribution in [2.24, 2.45) is 0 Å². The molecule has 1 amide bonds. The predicted octanol–water partition coefficient (Wildman–Crippen LogP) is 1.45. The molecular formula is C16H24N4O. The number of nitrogens with one attached hydrogen (secondary N) is 2. The van der Waals surface area contributed by atoms with Crippen LogP contribution in [0.4, 0.5) is 11.4 Å². The number of carbonyl (C=O) groups excluding carboxylic acids is 1. The van der Waals surface area contributed by atoms with Gasteiger partial charge in [0.2, 0.25) is 5.91 Å². The van der Waals surface area contributed by atoms with E-state index in [2.05, 4.69) is 29.5 Å². The number of hydrogen-bond donors (Lipinski definition) is 2. The average Bonchev–Trinajstić information content (AvgIpc) is 2.66. The highest BCUT2D eigenvalue weighted by Crippen LogP contribution is 2.26. The fourth-order valence-electron chi connectivity index (χ4n) is 3.26. The number of hydrogen-bond acceptors (Lipinski definition) is 4. The lowest BCUT2D eigenvalue weighted by Gasteiger charge is -2.34. The molecule has 0 aliphatic carbocycles. The van der Waals surface area contributed by atoms with Crippen LogP contribution in [0.5, 0.6) is 0 Å². The fraction of sp³-hybridized carbons (Fsp3) is 0.562. The minimum atomic E-state index is -0.175. The van der Waals surface area contributed by atoms with E-state index in [1.807, 2.05) is 29.2 Å². The Morgan fingerprint density at radius 3 is 2.81 bits per heavy atom. The molecule has 0 bridgehead atoms. The van der Waals surface area contributed by atoms with Crippen LogP contribution in [0.2, 0.25) is 0 Å². The summed E-state index contributed by atoms with van der Waals surface area (Å²) in [6.45, 7) is 5.65. The lowest BCUT2D eigenvalue weighted by molar-refractivity contribution is -0.133. The molecule has 0 spiro atoms. The van der Waals surface area contributed by atoms with E-state index >= 15 is 0 Å². The summed E-state index contributed by atoms with van der Waals surface area (Å²) in [6.07, 6.45) is 1.04. The Balaban J connectivity index is 1.71. The summed E-state index contributed by atoms with van der Waals surface area (Å²) in [6, 6.07) is 8.13. The third kappa shape index (κ3) is 2.97. The number of fused-ring (bicyclic) bond motifs is 1. The lowest BCUT2D eigenvalue weighted by Crippen LogP contribution is -2.52. The summed E-state index contributed by atoms with van der Waals surface area (Å²) in [4.78, 5) is 17.2. The van der Waals surface area contributed by atoms with Gasteiger partial charge in [-0.2, -0.15) is 0 Å². The normalized spacial score (nSPS) is 26.3. The van der Waals surface area contributed by atoms with Crippen molar-refractivity contribution in [2.45, 2.75) is 25.4 Å². The first kappa shape index (κ1) is 14.2. The van der Waals surface area contributed by atoms with Gasteiger partial charge < -0.3 is 20.4 Å². The van der Waals surface area contributed by atoms with E-state index in [0.29, 0.717) is 6.54 Å². The van der Waals surface area contributed by atoms with Crippen LogP contribution >= 0.6 is 0 Å². The van der Waals surface area contributed by atoms with Gasteiger partial charge in [0.25, 0.3) is 0 Å². The Kier molecular flexibility index (Phi) is 4.01. The summed E-state index contributed by atoms with van der Waals surface area (Å²) in [5, 5.41) is 6.73. The van der Waals surface area contributed by atoms with Crippen LogP contribution in [0.1, 0.15) is 13.3 Å². The Bertz CT molecular complexity index is 519. The van der Waals surface area contributed by atoms with Crippen LogP contribution in [0, 0.1) is 0 Å². The molecule has 3 rings (SSSR count). The van der Waals surface area contributed by atoms with E-state index in [4.69, 9.17) is 0 Å². The largest absolute Gasteiger partial charge is 0.381 e. The van der Waals surface area contributed by atoms with E-state index in [-0.39, 0.29) is 18.0 Å². The second-order valence-electron chi connectivity index (χ2n) is 6.12. The molecule has 2 aliphatic rings. The second-order valence-corrected chi connectivity index (χ2v) is 6.12. The van der Waals surface area contributed by atoms with Gasteiger partial charge in [-0.25, -0.2) is 0 Å². The molecule has 0 radical (unpaired) electrons. The summed E-state index contributed by atoms with van der Waals surface area (Å²) < 4.78 is 0. The number of carbonyl (C=O) groups is 1. The number of anilines is 2. The molecule has 1 aromatic rings. The second kappa shape index (κ2) is 5.93. The van der Waals surface area contributed by atoms with E-state index in [0.717, 1.165) is 37.4 Å². The molecule has 1 saturated heterocycles. The monoisotopic (exact) mass is 288 g/mol. The molecule has 2 aliphatic heterocycles. The first-order chi connectivity index (χ1) is 10.1. The van der Waals surface area contributed by atoms with Crippen LogP contribution in [0.3, 0.4) is 0 Å². The smallest absolute Gasteiger partial charge is 0.247 e. The standard InChI is InChI=1S/C16H24N4O/c1-12-11-19(2)8-5-9-20(12)16(21)15-10-17-13-6-3-4-7-14(13)18-15/h3-4,6-7,12,15,17-18H,5,8-11H2,1-2H3. The zero-order valence-corrected chi connectivity index (χ0v) is 12.8. The fourth-order valence-corrected chi connectivity index (χ4v) is 3.26. The van der Waals surface area contributed by atoms with Crippen molar-refractivity contribution in [3.8, 4) is 0 Å². The van der Waals surface area contributed by atoms with Crippen molar-refractivity contribution in [3.63, 3.8) is 0 Å². The van der Waals surface area contributed by atoms with Crippen molar-refractivity contribution in [2.75, 3.05) is 43.9 Å². The zero-order chi connectivity index (χ0) is 14.8. The van der Waals surface area contributed by atoms with Gasteiger partial charge in [-0.15, -0.1) is 0 Å². The Labute approximate surface area is 126 Å². The van der Waals surface area contributed by atoms with Gasteiger partial charge in [0.15, 0.2) is 0 Å². The highest BCUT2D eigenvalue weighted by molar-refractivity contribution is 5.89. The first-order valence-electron chi connectivity index (χ1n) is 7.73. The highest BCUT2D eigenvalue weighted by Gasteiger charge is 2.31. The highest BCUT2D eigenvalue weighted by atomic mass is 16.2. The molecule has 2 unspecified atom stereocenters. The van der Waals surface area contributed by atoms with Crippen LogP contribution in [0.25, 0.3) is 0 Å². The maximum absolute atomic E-state index is 12.8. The van der Waals surface area contributed by atoms with E-state index in [9.17, 15) is 4.79 Å². The van der Waals surface area contributed by atoms with Crippen molar-refractivity contribution < 1.29 is 4.79 Å². The minimum Gasteiger partial charge on any atom is -0.381 e. The topological polar surface area (TPSA) is 47.6 Å². The van der Waals surface area contributed by atoms with E-state index in [1.54, 1.807) is 0 Å². The summed E-state index contributed by atoms with van der Waals surface area (Å²) in [7, 11) is 2.13. The number of benzene rings is 1. The molecule has 114 valence electrons. The third-order valence-electron chi connectivity index (χ3n) is 4.38. The van der Waals surface area contributed by atoms with Gasteiger partial charge >= 0.3 is 0 Å². The van der Waals surface area contributed by atoms with Crippen molar-refractivity contribution in [1.82, 2.24) is 9.80 Å². The van der Waals surface area contributed by atoms with Crippen LogP contribution in [-0.2, 0) is 4.79 Å². The molecule has 0 aromatic heterocycles. The molecule has 2 heterocycles. The average molecular weight is 288 g/mol. The molecule has 5 nitrogen and oxygen atoms in total. The Morgan fingerprint density at radius 1 is 1.24 bits per heavy atom. The molecule has 0 saturated carbocycles. The van der Waals surface area contributed by atoms with Gasteiger partial charge in [-0.05, 0) is 39.1 Å². The number of likely N-dealkylation sites (N-methyl/N-ethyl adjacent to an activating group) is 1. The van der Waals surface area contributed by atoms with Gasteiger partial charge in [0.05, 0.1) is 11.4 Å². The van der Waals surface area contributed by atoms with Crippen LogP contribution < -0.4 is 10.6 Å².